The number of aromatic nitrogens is 2. The standard InChI is InChI=1S/C9H7F3N4O/c10-9(11,12)7-5(2-1-3-6(13)17)4-15-8(14)16-7/h4H,3H2,(H2,13,17)(H2,14,15,16). The number of halogens is 3. The van der Waals surface area contributed by atoms with Crippen LogP contribution in [0.5, 0.6) is 0 Å². The molecule has 0 aromatic carbocycles. The average Bonchev–Trinajstić information content (AvgIpc) is 2.18. The van der Waals surface area contributed by atoms with Gasteiger partial charge in [-0.15, -0.1) is 0 Å². The number of nitrogen functional groups attached to an aromatic ring is 1. The highest BCUT2D eigenvalue weighted by Gasteiger charge is 2.35. The van der Waals surface area contributed by atoms with Gasteiger partial charge >= 0.3 is 6.18 Å². The molecule has 0 fully saturated rings. The molecule has 0 aliphatic heterocycles. The van der Waals surface area contributed by atoms with Crippen molar-refractivity contribution in [2.24, 2.45) is 5.73 Å². The Balaban J connectivity index is 3.14. The quantitative estimate of drug-likeness (QED) is 0.695. The first-order valence-electron chi connectivity index (χ1n) is 4.27. The van der Waals surface area contributed by atoms with Crippen LogP contribution in [0.25, 0.3) is 0 Å². The summed E-state index contributed by atoms with van der Waals surface area (Å²) in [4.78, 5) is 16.8. The summed E-state index contributed by atoms with van der Waals surface area (Å²) in [6.45, 7) is 0. The predicted molar refractivity (Wildman–Crippen MR) is 52.1 cm³/mol. The van der Waals surface area contributed by atoms with Gasteiger partial charge < -0.3 is 11.5 Å². The third-order valence-corrected chi connectivity index (χ3v) is 1.56. The number of nitrogens with two attached hydrogens (primary N) is 2. The summed E-state index contributed by atoms with van der Waals surface area (Å²) in [5.74, 6) is 3.08. The average molecular weight is 244 g/mol. The molecule has 1 rings (SSSR count). The van der Waals surface area contributed by atoms with Gasteiger partial charge in [-0.25, -0.2) is 9.97 Å². The van der Waals surface area contributed by atoms with Gasteiger partial charge in [0.1, 0.15) is 0 Å². The van der Waals surface area contributed by atoms with Gasteiger partial charge in [-0.3, -0.25) is 4.79 Å². The molecule has 0 saturated carbocycles. The minimum absolute atomic E-state index is 0.346. The smallest absolute Gasteiger partial charge is 0.369 e. The fourth-order valence-electron chi connectivity index (χ4n) is 0.930. The molecule has 0 aliphatic rings. The highest BCUT2D eigenvalue weighted by molar-refractivity contribution is 5.76. The molecule has 5 nitrogen and oxygen atoms in total. The molecule has 0 radical (unpaired) electrons. The van der Waals surface area contributed by atoms with Crippen molar-refractivity contribution in [3.8, 4) is 11.8 Å². The molecular weight excluding hydrogens is 237 g/mol. The van der Waals surface area contributed by atoms with Gasteiger partial charge in [0.05, 0.1) is 12.0 Å². The Morgan fingerprint density at radius 2 is 2.12 bits per heavy atom. The van der Waals surface area contributed by atoms with E-state index in [9.17, 15) is 18.0 Å². The fraction of sp³-hybridized carbons (Fsp3) is 0.222. The van der Waals surface area contributed by atoms with Gasteiger partial charge in [-0.05, 0) is 0 Å². The van der Waals surface area contributed by atoms with E-state index in [1.54, 1.807) is 0 Å². The fourth-order valence-corrected chi connectivity index (χ4v) is 0.930. The molecule has 17 heavy (non-hydrogen) atoms. The normalized spacial score (nSPS) is 10.5. The summed E-state index contributed by atoms with van der Waals surface area (Å²) in [5.41, 5.74) is 8.16. The van der Waals surface area contributed by atoms with Gasteiger partial charge in [-0.2, -0.15) is 13.2 Å². The van der Waals surface area contributed by atoms with Crippen LogP contribution in [0.15, 0.2) is 6.20 Å². The third kappa shape index (κ3) is 3.64. The minimum Gasteiger partial charge on any atom is -0.369 e. The molecule has 4 N–H and O–H groups in total. The first-order valence-corrected chi connectivity index (χ1v) is 4.27. The molecule has 0 unspecified atom stereocenters. The van der Waals surface area contributed by atoms with Gasteiger partial charge in [0.25, 0.3) is 0 Å². The van der Waals surface area contributed by atoms with E-state index in [2.05, 4.69) is 21.8 Å². The van der Waals surface area contributed by atoms with Crippen LogP contribution in [0.2, 0.25) is 0 Å². The number of hydrogen-bond acceptors (Lipinski definition) is 4. The molecular formula is C9H7F3N4O. The lowest BCUT2D eigenvalue weighted by atomic mass is 10.2. The van der Waals surface area contributed by atoms with Gasteiger partial charge in [0.2, 0.25) is 11.9 Å². The summed E-state index contributed by atoms with van der Waals surface area (Å²) in [7, 11) is 0. The van der Waals surface area contributed by atoms with Crippen LogP contribution in [-0.4, -0.2) is 15.9 Å². The van der Waals surface area contributed by atoms with Crippen LogP contribution in [0.3, 0.4) is 0 Å². The highest BCUT2D eigenvalue weighted by Crippen LogP contribution is 2.29. The Labute approximate surface area is 94.0 Å². The second kappa shape index (κ2) is 4.69. The summed E-state index contributed by atoms with van der Waals surface area (Å²) in [6.07, 6.45) is -4.19. The van der Waals surface area contributed by atoms with Crippen molar-refractivity contribution in [2.45, 2.75) is 12.6 Å². The third-order valence-electron chi connectivity index (χ3n) is 1.56. The molecule has 0 bridgehead atoms. The molecule has 0 aliphatic carbocycles. The molecule has 1 aromatic rings. The molecule has 0 atom stereocenters. The van der Waals surface area contributed by atoms with E-state index in [0.717, 1.165) is 6.20 Å². The Morgan fingerprint density at radius 3 is 2.65 bits per heavy atom. The van der Waals surface area contributed by atoms with Crippen molar-refractivity contribution in [2.75, 3.05) is 5.73 Å². The maximum Gasteiger partial charge on any atom is 0.434 e. The summed E-state index contributed by atoms with van der Waals surface area (Å²) in [6, 6.07) is 0. The van der Waals surface area contributed by atoms with Crippen molar-refractivity contribution in [1.29, 1.82) is 0 Å². The second-order valence-electron chi connectivity index (χ2n) is 2.93. The molecule has 1 aromatic heterocycles. The predicted octanol–water partition coefficient (Wildman–Crippen LogP) is 0.305. The lowest BCUT2D eigenvalue weighted by Crippen LogP contribution is -2.13. The summed E-state index contributed by atoms with van der Waals surface area (Å²) < 4.78 is 37.5. The van der Waals surface area contributed by atoms with E-state index in [-0.39, 0.29) is 6.42 Å². The minimum atomic E-state index is -4.69. The zero-order chi connectivity index (χ0) is 13.1. The zero-order valence-corrected chi connectivity index (χ0v) is 8.38. The van der Waals surface area contributed by atoms with E-state index in [0.29, 0.717) is 0 Å². The zero-order valence-electron chi connectivity index (χ0n) is 8.38. The highest BCUT2D eigenvalue weighted by atomic mass is 19.4. The molecule has 8 heteroatoms. The molecule has 0 spiro atoms. The summed E-state index contributed by atoms with van der Waals surface area (Å²) >= 11 is 0. The number of carbonyl (C=O) groups is 1. The van der Waals surface area contributed by atoms with Crippen molar-refractivity contribution < 1.29 is 18.0 Å². The van der Waals surface area contributed by atoms with E-state index in [4.69, 9.17) is 11.5 Å². The molecule has 1 amide bonds. The van der Waals surface area contributed by atoms with Gasteiger partial charge in [-0.1, -0.05) is 11.8 Å². The van der Waals surface area contributed by atoms with Crippen LogP contribution < -0.4 is 11.5 Å². The van der Waals surface area contributed by atoms with E-state index < -0.39 is 29.3 Å². The van der Waals surface area contributed by atoms with Crippen molar-refractivity contribution in [3.63, 3.8) is 0 Å². The van der Waals surface area contributed by atoms with Crippen LogP contribution in [0.1, 0.15) is 17.7 Å². The Hall–Kier alpha value is -2.30. The maximum atomic E-state index is 12.5. The number of rotatable bonds is 1. The summed E-state index contributed by atoms with van der Waals surface area (Å²) in [5, 5.41) is 0. The van der Waals surface area contributed by atoms with E-state index >= 15 is 0 Å². The van der Waals surface area contributed by atoms with Crippen LogP contribution in [-0.2, 0) is 11.0 Å². The number of carbonyl (C=O) groups excluding carboxylic acids is 1. The topological polar surface area (TPSA) is 94.9 Å². The van der Waals surface area contributed by atoms with Crippen molar-refractivity contribution >= 4 is 11.9 Å². The van der Waals surface area contributed by atoms with Crippen LogP contribution in [0.4, 0.5) is 19.1 Å². The Morgan fingerprint density at radius 1 is 1.47 bits per heavy atom. The molecule has 90 valence electrons. The molecule has 0 saturated heterocycles. The Bertz CT molecular complexity index is 501. The first kappa shape index (κ1) is 12.8. The van der Waals surface area contributed by atoms with Crippen molar-refractivity contribution in [1.82, 2.24) is 9.97 Å². The van der Waals surface area contributed by atoms with Gasteiger partial charge in [0.15, 0.2) is 5.69 Å². The van der Waals surface area contributed by atoms with Crippen LogP contribution in [0, 0.1) is 11.8 Å². The number of anilines is 1. The molecule has 1 heterocycles. The maximum absolute atomic E-state index is 12.5. The lowest BCUT2D eigenvalue weighted by molar-refractivity contribution is -0.141. The second-order valence-corrected chi connectivity index (χ2v) is 2.93. The Kier molecular flexibility index (Phi) is 3.52. The largest absolute Gasteiger partial charge is 0.434 e. The lowest BCUT2D eigenvalue weighted by Gasteiger charge is -2.07. The number of amides is 1. The van der Waals surface area contributed by atoms with E-state index in [1.807, 2.05) is 0 Å². The number of nitrogens with zero attached hydrogens (tertiary/aromatic N) is 2. The number of hydrogen-bond donors (Lipinski definition) is 2. The van der Waals surface area contributed by atoms with Gasteiger partial charge in [0, 0.05) is 6.20 Å². The van der Waals surface area contributed by atoms with Crippen LogP contribution >= 0.6 is 0 Å². The monoisotopic (exact) mass is 244 g/mol. The number of alkyl halides is 3. The van der Waals surface area contributed by atoms with Crippen molar-refractivity contribution in [3.05, 3.63) is 17.5 Å². The van der Waals surface area contributed by atoms with E-state index in [1.165, 1.54) is 0 Å². The number of primary amides is 1. The first-order chi connectivity index (χ1) is 7.80. The SMILES string of the molecule is NC(=O)CC#Cc1cnc(N)nc1C(F)(F)F.